The lowest BCUT2D eigenvalue weighted by atomic mass is 9.89. The molecule has 0 N–H and O–H groups in total. The summed E-state index contributed by atoms with van der Waals surface area (Å²) in [5.74, 6) is 2.73. The van der Waals surface area contributed by atoms with Crippen molar-refractivity contribution >= 4 is 5.82 Å². The van der Waals surface area contributed by atoms with Crippen molar-refractivity contribution in [3.63, 3.8) is 0 Å². The van der Waals surface area contributed by atoms with Crippen molar-refractivity contribution in [2.24, 2.45) is 0 Å². The molecular formula is C20H27N5. The highest BCUT2D eigenvalue weighted by Crippen LogP contribution is 2.30. The Kier molecular flexibility index (Phi) is 5.21. The summed E-state index contributed by atoms with van der Waals surface area (Å²) >= 11 is 0. The monoisotopic (exact) mass is 337 g/mol. The summed E-state index contributed by atoms with van der Waals surface area (Å²) in [4.78, 5) is 18.6. The summed E-state index contributed by atoms with van der Waals surface area (Å²) in [6.45, 7) is 5.11. The van der Waals surface area contributed by atoms with Crippen LogP contribution in [0.4, 0.5) is 5.82 Å². The first-order chi connectivity index (χ1) is 12.4. The van der Waals surface area contributed by atoms with Crippen LogP contribution in [0.3, 0.4) is 0 Å². The van der Waals surface area contributed by atoms with Crippen LogP contribution in [0, 0.1) is 0 Å². The largest absolute Gasteiger partial charge is 0.354 e. The van der Waals surface area contributed by atoms with Crippen LogP contribution >= 0.6 is 0 Å². The third-order valence-corrected chi connectivity index (χ3v) is 5.45. The molecule has 1 aliphatic carbocycles. The number of hydrogen-bond donors (Lipinski definition) is 0. The Hall–Kier alpha value is -2.01. The second-order valence-corrected chi connectivity index (χ2v) is 7.24. The van der Waals surface area contributed by atoms with Crippen LogP contribution in [0.25, 0.3) is 0 Å². The Labute approximate surface area is 150 Å². The molecule has 0 atom stereocenters. The number of pyridine rings is 1. The summed E-state index contributed by atoms with van der Waals surface area (Å²) in [6.07, 6.45) is 12.5. The molecule has 4 rings (SSSR count). The Morgan fingerprint density at radius 3 is 2.32 bits per heavy atom. The maximum atomic E-state index is 4.67. The van der Waals surface area contributed by atoms with Gasteiger partial charge in [0.25, 0.3) is 0 Å². The molecule has 0 aromatic carbocycles. The second-order valence-electron chi connectivity index (χ2n) is 7.24. The van der Waals surface area contributed by atoms with Gasteiger partial charge in [0.1, 0.15) is 11.6 Å². The minimum absolute atomic E-state index is 0.588. The van der Waals surface area contributed by atoms with E-state index in [-0.39, 0.29) is 0 Å². The smallest absolute Gasteiger partial charge is 0.131 e. The van der Waals surface area contributed by atoms with E-state index in [1.165, 1.54) is 37.7 Å². The predicted molar refractivity (Wildman–Crippen MR) is 99.6 cm³/mol. The maximum absolute atomic E-state index is 4.67. The highest BCUT2D eigenvalue weighted by atomic mass is 15.3. The first-order valence-electron chi connectivity index (χ1n) is 9.57. The predicted octanol–water partition coefficient (Wildman–Crippen LogP) is 3.24. The zero-order valence-electron chi connectivity index (χ0n) is 14.8. The topological polar surface area (TPSA) is 45.2 Å². The first kappa shape index (κ1) is 16.5. The molecule has 1 saturated heterocycles. The van der Waals surface area contributed by atoms with Crippen LogP contribution in [0.2, 0.25) is 0 Å². The molecule has 0 radical (unpaired) electrons. The molecule has 132 valence electrons. The number of aromatic nitrogens is 3. The van der Waals surface area contributed by atoms with E-state index in [1.54, 1.807) is 0 Å². The quantitative estimate of drug-likeness (QED) is 0.857. The van der Waals surface area contributed by atoms with Crippen LogP contribution in [-0.4, -0.2) is 46.0 Å². The van der Waals surface area contributed by atoms with Gasteiger partial charge in [0.15, 0.2) is 0 Å². The van der Waals surface area contributed by atoms with E-state index >= 15 is 0 Å². The van der Waals surface area contributed by atoms with Gasteiger partial charge < -0.3 is 4.90 Å². The van der Waals surface area contributed by atoms with Crippen molar-refractivity contribution in [1.82, 2.24) is 19.9 Å². The third kappa shape index (κ3) is 4.15. The molecule has 2 aliphatic rings. The van der Waals surface area contributed by atoms with E-state index < -0.39 is 0 Å². The van der Waals surface area contributed by atoms with Gasteiger partial charge in [-0.1, -0.05) is 25.3 Å². The Morgan fingerprint density at radius 2 is 1.64 bits per heavy atom. The van der Waals surface area contributed by atoms with Crippen LogP contribution in [0.1, 0.15) is 49.4 Å². The van der Waals surface area contributed by atoms with Gasteiger partial charge in [0, 0.05) is 62.8 Å². The van der Waals surface area contributed by atoms with Gasteiger partial charge in [0.2, 0.25) is 0 Å². The molecule has 3 heterocycles. The van der Waals surface area contributed by atoms with Crippen LogP contribution < -0.4 is 4.90 Å². The van der Waals surface area contributed by atoms with Crippen LogP contribution in [0.5, 0.6) is 0 Å². The summed E-state index contributed by atoms with van der Waals surface area (Å²) in [5.41, 5.74) is 1.23. The molecule has 25 heavy (non-hydrogen) atoms. The zero-order chi connectivity index (χ0) is 16.9. The minimum atomic E-state index is 0.588. The van der Waals surface area contributed by atoms with Crippen molar-refractivity contribution < 1.29 is 0 Å². The Bertz CT molecular complexity index is 644. The highest BCUT2D eigenvalue weighted by molar-refractivity contribution is 5.38. The lowest BCUT2D eigenvalue weighted by molar-refractivity contribution is 0.248. The standard InChI is InChI=1S/C20H27N5/c1-2-6-18(7-3-1)20-22-14-17(15-23-20)16-24-10-12-25(13-11-24)19-8-4-5-9-21-19/h4-5,8-9,14-15,18H,1-3,6-7,10-13,16H2. The molecular weight excluding hydrogens is 310 g/mol. The number of anilines is 1. The van der Waals surface area contributed by atoms with Crippen molar-refractivity contribution in [2.45, 2.75) is 44.6 Å². The van der Waals surface area contributed by atoms with Crippen LogP contribution in [-0.2, 0) is 6.54 Å². The third-order valence-electron chi connectivity index (χ3n) is 5.45. The summed E-state index contributed by atoms with van der Waals surface area (Å²) < 4.78 is 0. The normalized spacial score (nSPS) is 19.9. The molecule has 1 aliphatic heterocycles. The van der Waals surface area contributed by atoms with Gasteiger partial charge in [-0.2, -0.15) is 0 Å². The fraction of sp³-hybridized carbons (Fsp3) is 0.550. The Balaban J connectivity index is 1.29. The number of nitrogens with zero attached hydrogens (tertiary/aromatic N) is 5. The van der Waals surface area contributed by atoms with Crippen LogP contribution in [0.15, 0.2) is 36.8 Å². The molecule has 0 amide bonds. The van der Waals surface area contributed by atoms with Crippen molar-refractivity contribution in [3.8, 4) is 0 Å². The summed E-state index contributed by atoms with van der Waals surface area (Å²) in [7, 11) is 0. The van der Waals surface area contributed by atoms with Crippen molar-refractivity contribution in [3.05, 3.63) is 48.2 Å². The number of piperazine rings is 1. The van der Waals surface area contributed by atoms with E-state index in [9.17, 15) is 0 Å². The highest BCUT2D eigenvalue weighted by Gasteiger charge is 2.20. The van der Waals surface area contributed by atoms with Gasteiger partial charge >= 0.3 is 0 Å². The van der Waals surface area contributed by atoms with Gasteiger partial charge in [-0.05, 0) is 25.0 Å². The summed E-state index contributed by atoms with van der Waals surface area (Å²) in [5, 5.41) is 0. The van der Waals surface area contributed by atoms with E-state index in [2.05, 4.69) is 36.9 Å². The fourth-order valence-corrected chi connectivity index (χ4v) is 3.95. The lowest BCUT2D eigenvalue weighted by Crippen LogP contribution is -2.46. The molecule has 0 spiro atoms. The molecule has 1 saturated carbocycles. The van der Waals surface area contributed by atoms with E-state index in [4.69, 9.17) is 0 Å². The van der Waals surface area contributed by atoms with E-state index in [1.807, 2.05) is 24.7 Å². The molecule has 0 bridgehead atoms. The fourth-order valence-electron chi connectivity index (χ4n) is 3.95. The van der Waals surface area contributed by atoms with Gasteiger partial charge in [-0.15, -0.1) is 0 Å². The average molecular weight is 337 g/mol. The molecule has 5 nitrogen and oxygen atoms in total. The second kappa shape index (κ2) is 7.91. The molecule has 2 aromatic rings. The zero-order valence-corrected chi connectivity index (χ0v) is 14.8. The number of rotatable bonds is 4. The molecule has 5 heteroatoms. The lowest BCUT2D eigenvalue weighted by Gasteiger charge is -2.35. The van der Waals surface area contributed by atoms with Gasteiger partial charge in [-0.25, -0.2) is 15.0 Å². The molecule has 2 fully saturated rings. The average Bonchev–Trinajstić information content (AvgIpc) is 2.71. The summed E-state index contributed by atoms with van der Waals surface area (Å²) in [6, 6.07) is 6.12. The van der Waals surface area contributed by atoms with Crippen molar-refractivity contribution in [1.29, 1.82) is 0 Å². The first-order valence-corrected chi connectivity index (χ1v) is 9.57. The van der Waals surface area contributed by atoms with Gasteiger partial charge in [0.05, 0.1) is 0 Å². The Morgan fingerprint density at radius 1 is 0.880 bits per heavy atom. The van der Waals surface area contributed by atoms with E-state index in [0.29, 0.717) is 5.92 Å². The van der Waals surface area contributed by atoms with Gasteiger partial charge in [-0.3, -0.25) is 4.90 Å². The molecule has 2 aromatic heterocycles. The van der Waals surface area contributed by atoms with E-state index in [0.717, 1.165) is 44.4 Å². The SMILES string of the molecule is c1ccc(N2CCN(Cc3cnc(C4CCCCC4)nc3)CC2)nc1. The number of hydrogen-bond acceptors (Lipinski definition) is 5. The minimum Gasteiger partial charge on any atom is -0.354 e. The van der Waals surface area contributed by atoms with Crippen molar-refractivity contribution in [2.75, 3.05) is 31.1 Å². The molecule has 0 unspecified atom stereocenters. The maximum Gasteiger partial charge on any atom is 0.131 e.